The number of piperazine rings is 2. The van der Waals surface area contributed by atoms with Gasteiger partial charge >= 0.3 is 11.9 Å². The summed E-state index contributed by atoms with van der Waals surface area (Å²) in [5.74, 6) is -2.41. The van der Waals surface area contributed by atoms with Crippen LogP contribution in [0.1, 0.15) is 209 Å². The molecule has 2 aliphatic carbocycles. The third-order valence-electron chi connectivity index (χ3n) is 22.6. The quantitative estimate of drug-likeness (QED) is 0.0240. The maximum absolute atomic E-state index is 14.1. The van der Waals surface area contributed by atoms with Gasteiger partial charge in [-0.25, -0.2) is 24.9 Å². The van der Waals surface area contributed by atoms with E-state index in [2.05, 4.69) is 41.1 Å². The number of β-amino-alcohol motifs (C(OH)–C–C–N with tert-alkyl or cyclic N) is 1. The lowest BCUT2D eigenvalue weighted by Gasteiger charge is -2.36. The lowest BCUT2D eigenvalue weighted by Crippen LogP contribution is -2.49. The van der Waals surface area contributed by atoms with Crippen molar-refractivity contribution < 1.29 is 63.1 Å². The maximum Gasteiger partial charge on any atom is 0.305 e. The number of aliphatic carboxylic acids is 2. The molecule has 618 valence electrons. The zero-order valence-electron chi connectivity index (χ0n) is 67.8. The normalized spacial score (nSPS) is 16.9. The van der Waals surface area contributed by atoms with Crippen LogP contribution in [0.2, 0.25) is 0 Å². The molecule has 13 rings (SSSR count). The van der Waals surface area contributed by atoms with Gasteiger partial charge in [-0.05, 0) is 119 Å². The molecule has 4 N–H and O–H groups in total. The van der Waals surface area contributed by atoms with Crippen LogP contribution in [0.3, 0.4) is 0 Å². The Balaban J connectivity index is 0.000000245. The average Bonchev–Trinajstić information content (AvgIpc) is 0.981. The number of carbonyl (C=O) groups excluding carboxylic acids is 6. The van der Waals surface area contributed by atoms with Gasteiger partial charge in [-0.1, -0.05) is 70.7 Å². The van der Waals surface area contributed by atoms with E-state index in [-0.39, 0.29) is 147 Å². The van der Waals surface area contributed by atoms with Gasteiger partial charge < -0.3 is 49.7 Å². The molecule has 8 aromatic rings. The molecule has 1 aromatic carbocycles. The number of aryl methyl sites for hydroxylation is 4. The zero-order chi connectivity index (χ0) is 82.9. The molecular formula is C86H108N14O15S. The van der Waals surface area contributed by atoms with Gasteiger partial charge in [0.2, 0.25) is 11.8 Å². The van der Waals surface area contributed by atoms with Crippen molar-refractivity contribution in [2.24, 2.45) is 11.3 Å². The fourth-order valence-corrected chi connectivity index (χ4v) is 16.9. The summed E-state index contributed by atoms with van der Waals surface area (Å²) >= 11 is 1.59. The number of fused-ring (bicyclic) bond motifs is 2. The third kappa shape index (κ3) is 22.1. The Kier molecular flexibility index (Phi) is 29.9. The molecule has 116 heavy (non-hydrogen) atoms. The van der Waals surface area contributed by atoms with Gasteiger partial charge in [-0.3, -0.25) is 67.0 Å². The number of carbonyl (C=O) groups is 8. The summed E-state index contributed by atoms with van der Waals surface area (Å²) in [6, 6.07) is 15.5. The summed E-state index contributed by atoms with van der Waals surface area (Å²) in [5.41, 5.74) is 10.5. The number of carboxylic acid groups (broad SMARTS) is 2. The molecule has 10 heterocycles. The molecule has 0 bridgehead atoms. The summed E-state index contributed by atoms with van der Waals surface area (Å²) in [6.45, 7) is 21.0. The second-order valence-electron chi connectivity index (χ2n) is 31.9. The van der Waals surface area contributed by atoms with Crippen molar-refractivity contribution in [3.63, 3.8) is 0 Å². The van der Waals surface area contributed by atoms with E-state index in [1.165, 1.54) is 18.7 Å². The van der Waals surface area contributed by atoms with Gasteiger partial charge in [0.1, 0.15) is 28.7 Å². The second-order valence-corrected chi connectivity index (χ2v) is 32.7. The van der Waals surface area contributed by atoms with Crippen molar-refractivity contribution in [3.05, 3.63) is 156 Å². The molecule has 0 spiro atoms. The number of hydrogen-bond acceptors (Lipinski definition) is 24. The van der Waals surface area contributed by atoms with Crippen LogP contribution in [-0.4, -0.2) is 214 Å². The van der Waals surface area contributed by atoms with E-state index in [9.17, 15) is 53.1 Å². The first kappa shape index (κ1) is 86.6. The van der Waals surface area contributed by atoms with Gasteiger partial charge in [-0.15, -0.1) is 11.3 Å². The van der Waals surface area contributed by atoms with E-state index in [0.29, 0.717) is 84.9 Å². The van der Waals surface area contributed by atoms with E-state index in [1.54, 1.807) is 39.8 Å². The van der Waals surface area contributed by atoms with Crippen molar-refractivity contribution in [2.45, 2.75) is 195 Å². The van der Waals surface area contributed by atoms with Gasteiger partial charge in [0, 0.05) is 137 Å². The predicted octanol–water partition coefficient (Wildman–Crippen LogP) is 9.83. The highest BCUT2D eigenvalue weighted by molar-refractivity contribution is 7.13. The number of carboxylic acids is 2. The lowest BCUT2D eigenvalue weighted by molar-refractivity contribution is -0.146. The van der Waals surface area contributed by atoms with Crippen LogP contribution in [0.4, 0.5) is 11.4 Å². The number of nitrogens with one attached hydrogen (secondary N) is 1. The molecule has 0 unspecified atom stereocenters. The summed E-state index contributed by atoms with van der Waals surface area (Å²) in [4.78, 5) is 167. The Morgan fingerprint density at radius 2 is 1.09 bits per heavy atom. The van der Waals surface area contributed by atoms with E-state index >= 15 is 0 Å². The van der Waals surface area contributed by atoms with Crippen molar-refractivity contribution in [3.8, 4) is 10.4 Å². The number of nitrogens with zero attached hydrogens (tertiary/aromatic N) is 13. The summed E-state index contributed by atoms with van der Waals surface area (Å²) in [6.07, 6.45) is 16.1. The van der Waals surface area contributed by atoms with Crippen molar-refractivity contribution in [1.82, 2.24) is 59.1 Å². The predicted molar refractivity (Wildman–Crippen MR) is 440 cm³/mol. The molecule has 2 amide bonds. The Morgan fingerprint density at radius 3 is 1.54 bits per heavy atom. The number of Topliss-reactive ketones (excluding diaryl/α,β-unsaturated/α-hetero) is 4. The number of anilines is 2. The smallest absolute Gasteiger partial charge is 0.305 e. The number of ketones is 4. The SMILES string of the molecule is CC(=O)c1c(C)c2cnc(Cc3ccc(N4CCN(C(=O)CCOCCC(=O)C[C@H](C(=O)N5C[C@H](O)C[C@H]5C(=O)CCc5ccc(-c6scnc6C)cc5)C(C)(C)C)CC4)cn3)nc2n(C2CCCC2)c1=O.CC(=O)c1c(C)c2cnc(Cc3ccc(N4CCNCC4)cn3)nc2n(C2CCCC2)c1=O.O=C(O)CCOCCC(=O)O. The summed E-state index contributed by atoms with van der Waals surface area (Å²) < 4.78 is 14.0. The first-order chi connectivity index (χ1) is 55.6. The van der Waals surface area contributed by atoms with E-state index < -0.39 is 35.4 Å². The van der Waals surface area contributed by atoms with Crippen LogP contribution in [0, 0.1) is 32.1 Å². The number of hydrogen-bond donors (Lipinski definition) is 4. The van der Waals surface area contributed by atoms with Gasteiger partial charge in [0.05, 0.1) is 122 Å². The number of benzene rings is 1. The van der Waals surface area contributed by atoms with Gasteiger partial charge in [-0.2, -0.15) is 0 Å². The number of aliphatic hydroxyl groups is 1. The molecule has 29 nitrogen and oxygen atoms in total. The fraction of sp³-hybridized carbons (Fsp3) is 0.523. The van der Waals surface area contributed by atoms with Crippen LogP contribution in [-0.2, 0) is 57.5 Å². The Bertz CT molecular complexity index is 4940. The maximum atomic E-state index is 14.1. The fourth-order valence-electron chi connectivity index (χ4n) is 16.1. The lowest BCUT2D eigenvalue weighted by atomic mass is 9.76. The first-order valence-electron chi connectivity index (χ1n) is 40.4. The standard InChI is InChI=1S/C55H68N8O8S.C25H30N6O2.C6H10O5/c1-34-44-31-57-48(59-52(44)63(40-9-7-8-10-40)54(70)50(34)36(3)64)27-39-16-17-41(30-56-39)60-21-23-61(24-22-60)49(68)20-26-71-25-19-42(65)28-45(55(4,5)6)53(69)62-32-43(66)29-46(62)47(67)18-13-37-11-14-38(15-12-37)51-35(2)58-33-72-51;1-16-21-15-28-22(13-18-7-8-20(14-27-18)30-11-9-26-10-12-30)29-24(21)31(19-5-3-4-6-19)25(33)23(16)17(2)32;7-5(8)1-3-11-4-2-6(9)10/h11-12,14-17,30-31,33,40,43,45-46,66H,7-10,13,18-29,32H2,1-6H3;7-8,14-15,19,26H,3-6,9-13H2,1-2H3;1-4H2,(H,7,8)(H,9,10)/t43-,45-,46+;;/m1../s1. The summed E-state index contributed by atoms with van der Waals surface area (Å²) in [7, 11) is 0. The molecule has 0 radical (unpaired) electrons. The Hall–Kier alpha value is -10.3. The molecule has 5 fully saturated rings. The number of aromatic nitrogens is 9. The molecule has 30 heteroatoms. The Morgan fingerprint density at radius 1 is 0.595 bits per heavy atom. The minimum absolute atomic E-state index is 0.00377. The monoisotopic (exact) mass is 1610 g/mol. The van der Waals surface area contributed by atoms with Crippen molar-refractivity contribution in [1.29, 1.82) is 0 Å². The number of aliphatic hydroxyl groups excluding tert-OH is 1. The number of amides is 2. The number of ether oxygens (including phenoxy) is 2. The highest BCUT2D eigenvalue weighted by Gasteiger charge is 2.44. The van der Waals surface area contributed by atoms with Crippen LogP contribution in [0.5, 0.6) is 0 Å². The van der Waals surface area contributed by atoms with Crippen molar-refractivity contribution >= 4 is 91.7 Å². The van der Waals surface area contributed by atoms with Gasteiger partial charge in [0.15, 0.2) is 17.3 Å². The molecular weight excluding hydrogens is 1500 g/mol. The largest absolute Gasteiger partial charge is 0.481 e. The van der Waals surface area contributed by atoms with Crippen LogP contribution < -0.4 is 26.2 Å². The van der Waals surface area contributed by atoms with E-state index in [4.69, 9.17) is 34.6 Å². The van der Waals surface area contributed by atoms with Crippen LogP contribution in [0.25, 0.3) is 32.5 Å². The highest BCUT2D eigenvalue weighted by atomic mass is 32.1. The Labute approximate surface area is 678 Å². The molecule has 7 aromatic heterocycles. The van der Waals surface area contributed by atoms with Gasteiger partial charge in [0.25, 0.3) is 11.1 Å². The van der Waals surface area contributed by atoms with E-state index in [0.717, 1.165) is 127 Å². The molecule has 3 aliphatic heterocycles. The number of thiazole rings is 1. The minimum atomic E-state index is -0.944. The first-order valence-corrected chi connectivity index (χ1v) is 41.3. The molecule has 5 aliphatic rings. The second kappa shape index (κ2) is 40.1. The van der Waals surface area contributed by atoms with Crippen LogP contribution >= 0.6 is 11.3 Å². The zero-order valence-corrected chi connectivity index (χ0v) is 68.6. The molecule has 2 saturated carbocycles. The topological polar surface area (TPSA) is 375 Å². The molecule has 3 atom stereocenters. The van der Waals surface area contributed by atoms with Crippen LogP contribution in [0.15, 0.2) is 88.4 Å². The number of likely N-dealkylation sites (tertiary alicyclic amines) is 1. The number of pyridine rings is 4. The molecule has 3 saturated heterocycles. The summed E-state index contributed by atoms with van der Waals surface area (Å²) in [5, 5.41) is 31.8. The average molecular weight is 1610 g/mol. The third-order valence-corrected chi connectivity index (χ3v) is 23.6. The van der Waals surface area contributed by atoms with Crippen molar-refractivity contribution in [2.75, 3.05) is 95.1 Å². The highest BCUT2D eigenvalue weighted by Crippen LogP contribution is 2.37. The number of rotatable bonds is 30. The van der Waals surface area contributed by atoms with E-state index in [1.807, 2.05) is 99.9 Å². The minimum Gasteiger partial charge on any atom is -0.481 e.